The summed E-state index contributed by atoms with van der Waals surface area (Å²) in [6.07, 6.45) is 0.860. The molecule has 0 bridgehead atoms. The predicted octanol–water partition coefficient (Wildman–Crippen LogP) is 5.48. The summed E-state index contributed by atoms with van der Waals surface area (Å²) in [6, 6.07) is 10.8. The average Bonchev–Trinajstić information content (AvgIpc) is 3.19. The second-order valence-corrected chi connectivity index (χ2v) is 6.98. The van der Waals surface area contributed by atoms with E-state index in [4.69, 9.17) is 44.6 Å². The van der Waals surface area contributed by atoms with Crippen molar-refractivity contribution in [3.63, 3.8) is 0 Å². The predicted molar refractivity (Wildman–Crippen MR) is 103 cm³/mol. The number of nitrogens with zero attached hydrogens (tertiary/aromatic N) is 2. The van der Waals surface area contributed by atoms with Gasteiger partial charge in [0.2, 0.25) is 0 Å². The molecule has 0 radical (unpaired) electrons. The molecule has 0 amide bonds. The molecule has 3 aromatic rings. The first-order chi connectivity index (χ1) is 12.1. The Morgan fingerprint density at radius 3 is 2.64 bits per heavy atom. The van der Waals surface area contributed by atoms with Gasteiger partial charge in [-0.15, -0.1) is 0 Å². The molecule has 0 fully saturated rings. The molecule has 0 atom stereocenters. The fraction of sp³-hybridized carbons (Fsp3) is 0.167. The quantitative estimate of drug-likeness (QED) is 0.639. The molecule has 0 aliphatic carbocycles. The number of anilines is 1. The van der Waals surface area contributed by atoms with Crippen molar-refractivity contribution in [1.82, 2.24) is 9.78 Å². The van der Waals surface area contributed by atoms with Crippen LogP contribution in [-0.4, -0.2) is 23.4 Å². The molecule has 1 aliphatic rings. The second-order valence-electron chi connectivity index (χ2n) is 5.70. The van der Waals surface area contributed by atoms with Crippen molar-refractivity contribution < 1.29 is 4.74 Å². The number of hydrogen-bond acceptors (Lipinski definition) is 3. The van der Waals surface area contributed by atoms with Crippen LogP contribution in [0.3, 0.4) is 0 Å². The van der Waals surface area contributed by atoms with Gasteiger partial charge in [-0.3, -0.25) is 0 Å². The van der Waals surface area contributed by atoms with Crippen LogP contribution >= 0.6 is 34.8 Å². The first-order valence-electron chi connectivity index (χ1n) is 7.73. The van der Waals surface area contributed by atoms with Crippen molar-refractivity contribution in [3.8, 4) is 22.7 Å². The van der Waals surface area contributed by atoms with Crippen LogP contribution in [0.15, 0.2) is 36.4 Å². The maximum Gasteiger partial charge on any atom is 0.133 e. The lowest BCUT2D eigenvalue weighted by molar-refractivity contribution is 0.416. The maximum atomic E-state index is 6.38. The maximum absolute atomic E-state index is 6.38. The fourth-order valence-corrected chi connectivity index (χ4v) is 3.61. The standard InChI is InChI=1S/C18H14Cl3N3O/c1-25-16-5-3-10(19)8-13(16)17-12-6-7-22-18(12)24(23-17)15-9-11(20)2-4-14(15)21/h2-5,8-9,22H,6-7H2,1H3. The number of benzene rings is 2. The molecule has 128 valence electrons. The number of nitrogens with one attached hydrogen (secondary N) is 1. The Balaban J connectivity index is 1.96. The first kappa shape index (κ1) is 16.6. The van der Waals surface area contributed by atoms with E-state index in [0.717, 1.165) is 47.0 Å². The Labute approximate surface area is 160 Å². The van der Waals surface area contributed by atoms with E-state index in [1.54, 1.807) is 36.1 Å². The first-order valence-corrected chi connectivity index (χ1v) is 8.87. The molecular formula is C18H14Cl3N3O. The number of halogens is 3. The monoisotopic (exact) mass is 393 g/mol. The van der Waals surface area contributed by atoms with E-state index in [1.807, 2.05) is 12.1 Å². The highest BCUT2D eigenvalue weighted by Crippen LogP contribution is 2.40. The normalized spacial score (nSPS) is 12.8. The number of hydrogen-bond donors (Lipinski definition) is 1. The van der Waals surface area contributed by atoms with E-state index in [0.29, 0.717) is 15.1 Å². The lowest BCUT2D eigenvalue weighted by Crippen LogP contribution is -2.05. The van der Waals surface area contributed by atoms with Gasteiger partial charge < -0.3 is 10.1 Å². The fourth-order valence-electron chi connectivity index (χ4n) is 3.08. The minimum atomic E-state index is 0.577. The molecule has 1 N–H and O–H groups in total. The van der Waals surface area contributed by atoms with Crippen LogP contribution in [0.2, 0.25) is 15.1 Å². The smallest absolute Gasteiger partial charge is 0.133 e. The summed E-state index contributed by atoms with van der Waals surface area (Å²) in [6.45, 7) is 0.835. The van der Waals surface area contributed by atoms with Crippen LogP contribution in [0.5, 0.6) is 5.75 Å². The number of fused-ring (bicyclic) bond motifs is 1. The van der Waals surface area contributed by atoms with Gasteiger partial charge in [-0.25, -0.2) is 4.68 Å². The van der Waals surface area contributed by atoms with Crippen LogP contribution in [0.25, 0.3) is 16.9 Å². The third-order valence-corrected chi connectivity index (χ3v) is 4.99. The molecule has 4 nitrogen and oxygen atoms in total. The SMILES string of the molecule is COc1ccc(Cl)cc1-c1nn(-c2cc(Cl)ccc2Cl)c2c1CCN2. The summed E-state index contributed by atoms with van der Waals surface area (Å²) >= 11 is 18.7. The summed E-state index contributed by atoms with van der Waals surface area (Å²) in [4.78, 5) is 0. The Kier molecular flexibility index (Phi) is 4.28. The minimum Gasteiger partial charge on any atom is -0.496 e. The molecule has 25 heavy (non-hydrogen) atoms. The molecule has 0 saturated carbocycles. The number of aromatic nitrogens is 2. The van der Waals surface area contributed by atoms with Gasteiger partial charge in [-0.1, -0.05) is 34.8 Å². The van der Waals surface area contributed by atoms with E-state index in [9.17, 15) is 0 Å². The zero-order valence-corrected chi connectivity index (χ0v) is 15.6. The minimum absolute atomic E-state index is 0.577. The highest BCUT2D eigenvalue weighted by Gasteiger charge is 2.26. The summed E-state index contributed by atoms with van der Waals surface area (Å²) in [5.74, 6) is 1.64. The van der Waals surface area contributed by atoms with Crippen molar-refractivity contribution in [2.24, 2.45) is 0 Å². The summed E-state index contributed by atoms with van der Waals surface area (Å²) in [5.41, 5.74) is 3.52. The van der Waals surface area contributed by atoms with Gasteiger partial charge in [0.15, 0.2) is 0 Å². The Morgan fingerprint density at radius 2 is 1.84 bits per heavy atom. The zero-order valence-electron chi connectivity index (χ0n) is 13.3. The summed E-state index contributed by atoms with van der Waals surface area (Å²) in [5, 5.41) is 9.99. The van der Waals surface area contributed by atoms with Crippen LogP contribution in [0, 0.1) is 0 Å². The van der Waals surface area contributed by atoms with Crippen molar-refractivity contribution in [2.75, 3.05) is 19.0 Å². The van der Waals surface area contributed by atoms with Crippen molar-refractivity contribution in [1.29, 1.82) is 0 Å². The number of rotatable bonds is 3. The van der Waals surface area contributed by atoms with Crippen molar-refractivity contribution in [2.45, 2.75) is 6.42 Å². The lowest BCUT2D eigenvalue weighted by Gasteiger charge is -2.09. The van der Waals surface area contributed by atoms with Crippen molar-refractivity contribution in [3.05, 3.63) is 57.0 Å². The summed E-state index contributed by atoms with van der Waals surface area (Å²) < 4.78 is 7.29. The van der Waals surface area contributed by atoms with E-state index in [-0.39, 0.29) is 0 Å². The van der Waals surface area contributed by atoms with Gasteiger partial charge in [-0.2, -0.15) is 5.10 Å². The van der Waals surface area contributed by atoms with E-state index in [1.165, 1.54) is 0 Å². The van der Waals surface area contributed by atoms with Gasteiger partial charge in [0.05, 0.1) is 17.8 Å². The lowest BCUT2D eigenvalue weighted by atomic mass is 10.1. The highest BCUT2D eigenvalue weighted by atomic mass is 35.5. The van der Waals surface area contributed by atoms with E-state index >= 15 is 0 Å². The van der Waals surface area contributed by atoms with Crippen LogP contribution in [0.4, 0.5) is 5.82 Å². The molecule has 1 aliphatic heterocycles. The molecule has 2 heterocycles. The Hall–Kier alpha value is -1.88. The van der Waals surface area contributed by atoms with Gasteiger partial charge in [0.1, 0.15) is 17.3 Å². The van der Waals surface area contributed by atoms with Gasteiger partial charge in [0, 0.05) is 27.7 Å². The third-order valence-electron chi connectivity index (χ3n) is 4.20. The molecule has 4 rings (SSSR count). The second kappa shape index (κ2) is 6.45. The topological polar surface area (TPSA) is 39.1 Å². The van der Waals surface area contributed by atoms with E-state index < -0.39 is 0 Å². The highest BCUT2D eigenvalue weighted by molar-refractivity contribution is 6.34. The Bertz CT molecular complexity index is 968. The molecule has 0 unspecified atom stereocenters. The Morgan fingerprint density at radius 1 is 1.08 bits per heavy atom. The molecule has 0 saturated heterocycles. The molecule has 2 aromatic carbocycles. The molecular weight excluding hydrogens is 381 g/mol. The molecule has 1 aromatic heterocycles. The van der Waals surface area contributed by atoms with Crippen LogP contribution < -0.4 is 10.1 Å². The van der Waals surface area contributed by atoms with Crippen LogP contribution in [-0.2, 0) is 6.42 Å². The molecule has 7 heteroatoms. The average molecular weight is 395 g/mol. The van der Waals surface area contributed by atoms with Gasteiger partial charge in [0.25, 0.3) is 0 Å². The molecule has 0 spiro atoms. The van der Waals surface area contributed by atoms with Crippen molar-refractivity contribution >= 4 is 40.6 Å². The van der Waals surface area contributed by atoms with E-state index in [2.05, 4.69) is 5.32 Å². The largest absolute Gasteiger partial charge is 0.496 e. The van der Waals surface area contributed by atoms with Crippen LogP contribution in [0.1, 0.15) is 5.56 Å². The third kappa shape index (κ3) is 2.84. The van der Waals surface area contributed by atoms with Gasteiger partial charge in [-0.05, 0) is 42.8 Å². The summed E-state index contributed by atoms with van der Waals surface area (Å²) in [7, 11) is 1.63. The number of methoxy groups -OCH3 is 1. The van der Waals surface area contributed by atoms with Gasteiger partial charge >= 0.3 is 0 Å². The zero-order chi connectivity index (χ0) is 17.6. The number of ether oxygens (including phenoxy) is 1.